The SMILES string of the molecule is C[C@H](Cc1ccc2c(c1)OC[C@H](C(=O)O)O2)NC[C@H](O)COc1ccc(O)c(Cl)c1. The number of nitrogens with one attached hydrogen (secondary N) is 1. The van der Waals surface area contributed by atoms with Crippen LogP contribution in [-0.2, 0) is 11.2 Å². The van der Waals surface area contributed by atoms with Crippen LogP contribution in [0.4, 0.5) is 0 Å². The number of fused-ring (bicyclic) bond motifs is 1. The molecule has 1 aliphatic rings. The highest BCUT2D eigenvalue weighted by atomic mass is 35.5. The van der Waals surface area contributed by atoms with Crippen molar-refractivity contribution in [3.8, 4) is 23.0 Å². The molecule has 30 heavy (non-hydrogen) atoms. The van der Waals surface area contributed by atoms with Crippen LogP contribution in [0.15, 0.2) is 36.4 Å². The van der Waals surface area contributed by atoms with Crippen molar-refractivity contribution in [2.75, 3.05) is 19.8 Å². The average molecular weight is 438 g/mol. The van der Waals surface area contributed by atoms with Crippen molar-refractivity contribution >= 4 is 17.6 Å². The van der Waals surface area contributed by atoms with Gasteiger partial charge in [-0.2, -0.15) is 0 Å². The Morgan fingerprint density at radius 2 is 2.10 bits per heavy atom. The van der Waals surface area contributed by atoms with Gasteiger partial charge in [0.25, 0.3) is 0 Å². The number of aliphatic carboxylic acids is 1. The summed E-state index contributed by atoms with van der Waals surface area (Å²) in [5.41, 5.74) is 0.996. The molecule has 1 aliphatic heterocycles. The van der Waals surface area contributed by atoms with Crippen LogP contribution in [0.25, 0.3) is 0 Å². The summed E-state index contributed by atoms with van der Waals surface area (Å²) in [4.78, 5) is 11.0. The summed E-state index contributed by atoms with van der Waals surface area (Å²) in [6.07, 6.45) is -1.04. The molecule has 162 valence electrons. The summed E-state index contributed by atoms with van der Waals surface area (Å²) in [6.45, 7) is 2.37. The molecular weight excluding hydrogens is 414 g/mol. The topological polar surface area (TPSA) is 117 Å². The Labute approximate surface area is 179 Å². The fourth-order valence-electron chi connectivity index (χ4n) is 2.96. The summed E-state index contributed by atoms with van der Waals surface area (Å²) in [6, 6.07) is 9.96. The van der Waals surface area contributed by atoms with Gasteiger partial charge < -0.3 is 34.8 Å². The minimum Gasteiger partial charge on any atom is -0.506 e. The van der Waals surface area contributed by atoms with E-state index in [4.69, 9.17) is 30.9 Å². The largest absolute Gasteiger partial charge is 0.506 e. The maximum Gasteiger partial charge on any atom is 0.348 e. The van der Waals surface area contributed by atoms with E-state index in [2.05, 4.69) is 5.32 Å². The van der Waals surface area contributed by atoms with E-state index in [9.17, 15) is 15.0 Å². The van der Waals surface area contributed by atoms with E-state index in [-0.39, 0.29) is 30.0 Å². The first-order valence-corrected chi connectivity index (χ1v) is 9.87. The first kappa shape index (κ1) is 22.0. The van der Waals surface area contributed by atoms with E-state index < -0.39 is 18.2 Å². The number of carbonyl (C=O) groups is 1. The number of rotatable bonds is 9. The van der Waals surface area contributed by atoms with Gasteiger partial charge in [0.15, 0.2) is 11.5 Å². The Morgan fingerprint density at radius 3 is 2.83 bits per heavy atom. The van der Waals surface area contributed by atoms with Crippen molar-refractivity contribution in [2.45, 2.75) is 31.6 Å². The molecule has 0 aromatic heterocycles. The van der Waals surface area contributed by atoms with E-state index in [0.717, 1.165) is 5.56 Å². The summed E-state index contributed by atoms with van der Waals surface area (Å²) in [7, 11) is 0. The molecule has 1 heterocycles. The number of halogens is 1. The lowest BCUT2D eigenvalue weighted by molar-refractivity contribution is -0.147. The molecule has 9 heteroatoms. The van der Waals surface area contributed by atoms with Gasteiger partial charge >= 0.3 is 5.97 Å². The van der Waals surface area contributed by atoms with Crippen LogP contribution in [0.2, 0.25) is 5.02 Å². The first-order chi connectivity index (χ1) is 14.3. The Morgan fingerprint density at radius 1 is 1.30 bits per heavy atom. The standard InChI is InChI=1S/C21H24ClNO7/c1-12(23-9-14(24)10-28-15-3-4-17(25)16(22)8-15)6-13-2-5-18-19(7-13)29-11-20(30-18)21(26)27/h2-5,7-8,12,14,20,23-25H,6,9-11H2,1H3,(H,26,27)/t12-,14+,20-/m1/s1. The monoisotopic (exact) mass is 437 g/mol. The van der Waals surface area contributed by atoms with Gasteiger partial charge in [0.2, 0.25) is 6.10 Å². The zero-order chi connectivity index (χ0) is 21.7. The Bertz CT molecular complexity index is 892. The molecular formula is C21H24ClNO7. The number of phenolic OH excluding ortho intramolecular Hbond substituents is 1. The normalized spacial score (nSPS) is 17.2. The van der Waals surface area contributed by atoms with Gasteiger partial charge in [-0.15, -0.1) is 0 Å². The zero-order valence-corrected chi connectivity index (χ0v) is 17.1. The molecule has 0 amide bonds. The second kappa shape index (κ2) is 9.88. The Balaban J connectivity index is 1.43. The van der Waals surface area contributed by atoms with Gasteiger partial charge in [-0.1, -0.05) is 17.7 Å². The number of carboxylic acid groups (broad SMARTS) is 1. The van der Waals surface area contributed by atoms with Gasteiger partial charge in [0.05, 0.1) is 5.02 Å². The zero-order valence-electron chi connectivity index (χ0n) is 16.4. The van der Waals surface area contributed by atoms with Crippen LogP contribution in [0.1, 0.15) is 12.5 Å². The highest BCUT2D eigenvalue weighted by molar-refractivity contribution is 6.32. The molecule has 0 aliphatic carbocycles. The number of phenols is 1. The minimum absolute atomic E-state index is 0.0269. The van der Waals surface area contributed by atoms with Crippen LogP contribution in [0, 0.1) is 0 Å². The molecule has 3 atom stereocenters. The number of aliphatic hydroxyl groups excluding tert-OH is 1. The third-order valence-corrected chi connectivity index (χ3v) is 4.85. The highest BCUT2D eigenvalue weighted by Crippen LogP contribution is 2.33. The number of benzene rings is 2. The second-order valence-electron chi connectivity index (χ2n) is 7.13. The summed E-state index contributed by atoms with van der Waals surface area (Å²) in [5.74, 6) is 0.323. The third kappa shape index (κ3) is 5.91. The molecule has 0 saturated heterocycles. The molecule has 2 aromatic rings. The van der Waals surface area contributed by atoms with E-state index in [1.807, 2.05) is 19.1 Å². The number of aromatic hydroxyl groups is 1. The van der Waals surface area contributed by atoms with E-state index in [1.165, 1.54) is 12.1 Å². The second-order valence-corrected chi connectivity index (χ2v) is 7.54. The van der Waals surface area contributed by atoms with E-state index in [0.29, 0.717) is 30.2 Å². The lowest BCUT2D eigenvalue weighted by Gasteiger charge is -2.24. The fraction of sp³-hybridized carbons (Fsp3) is 0.381. The van der Waals surface area contributed by atoms with E-state index in [1.54, 1.807) is 12.1 Å². The molecule has 2 aromatic carbocycles. The van der Waals surface area contributed by atoms with Crippen molar-refractivity contribution in [3.63, 3.8) is 0 Å². The molecule has 3 rings (SSSR count). The van der Waals surface area contributed by atoms with Gasteiger partial charge in [-0.25, -0.2) is 4.79 Å². The van der Waals surface area contributed by atoms with Crippen molar-refractivity contribution < 1.29 is 34.3 Å². The van der Waals surface area contributed by atoms with Crippen molar-refractivity contribution in [1.29, 1.82) is 0 Å². The van der Waals surface area contributed by atoms with Crippen LogP contribution in [0.3, 0.4) is 0 Å². The molecule has 0 saturated carbocycles. The molecule has 8 nitrogen and oxygen atoms in total. The number of ether oxygens (including phenoxy) is 3. The average Bonchev–Trinajstić information content (AvgIpc) is 2.72. The lowest BCUT2D eigenvalue weighted by atomic mass is 10.1. The Hall–Kier alpha value is -2.68. The third-order valence-electron chi connectivity index (χ3n) is 4.55. The van der Waals surface area contributed by atoms with Crippen molar-refractivity contribution in [3.05, 3.63) is 47.0 Å². The number of aliphatic hydroxyl groups is 1. The lowest BCUT2D eigenvalue weighted by Crippen LogP contribution is -2.37. The maximum absolute atomic E-state index is 11.0. The molecule has 0 bridgehead atoms. The van der Waals surface area contributed by atoms with Crippen LogP contribution in [-0.4, -0.2) is 59.3 Å². The van der Waals surface area contributed by atoms with Gasteiger partial charge in [0.1, 0.15) is 30.8 Å². The first-order valence-electron chi connectivity index (χ1n) is 9.49. The number of carboxylic acids is 1. The van der Waals surface area contributed by atoms with Crippen molar-refractivity contribution in [1.82, 2.24) is 5.32 Å². The predicted octanol–water partition coefficient (Wildman–Crippen LogP) is 2.23. The molecule has 4 N–H and O–H groups in total. The molecule has 0 radical (unpaired) electrons. The summed E-state index contributed by atoms with van der Waals surface area (Å²) in [5, 5.41) is 32.0. The molecule has 0 spiro atoms. The van der Waals surface area contributed by atoms with Crippen molar-refractivity contribution in [2.24, 2.45) is 0 Å². The quantitative estimate of drug-likeness (QED) is 0.472. The predicted molar refractivity (Wildman–Crippen MR) is 110 cm³/mol. The number of hydrogen-bond acceptors (Lipinski definition) is 7. The fourth-order valence-corrected chi connectivity index (χ4v) is 3.13. The maximum atomic E-state index is 11.0. The van der Waals surface area contributed by atoms with Gasteiger partial charge in [-0.05, 0) is 43.2 Å². The van der Waals surface area contributed by atoms with Crippen LogP contribution >= 0.6 is 11.6 Å². The van der Waals surface area contributed by atoms with E-state index >= 15 is 0 Å². The summed E-state index contributed by atoms with van der Waals surface area (Å²) < 4.78 is 16.4. The smallest absolute Gasteiger partial charge is 0.348 e. The van der Waals surface area contributed by atoms with Gasteiger partial charge in [-0.3, -0.25) is 0 Å². The number of hydrogen-bond donors (Lipinski definition) is 4. The molecule has 0 unspecified atom stereocenters. The Kier molecular flexibility index (Phi) is 7.25. The minimum atomic E-state index is -1.06. The highest BCUT2D eigenvalue weighted by Gasteiger charge is 2.27. The van der Waals surface area contributed by atoms with Crippen LogP contribution in [0.5, 0.6) is 23.0 Å². The van der Waals surface area contributed by atoms with Crippen LogP contribution < -0.4 is 19.5 Å². The summed E-state index contributed by atoms with van der Waals surface area (Å²) >= 11 is 5.83. The van der Waals surface area contributed by atoms with Gasteiger partial charge in [0, 0.05) is 18.7 Å². The molecule has 0 fully saturated rings.